The van der Waals surface area contributed by atoms with Crippen LogP contribution in [-0.2, 0) is 25.0 Å². The van der Waals surface area contributed by atoms with Crippen LogP contribution in [-0.4, -0.2) is 47.6 Å². The number of carbonyl (C=O) groups is 1. The number of hydrogen-bond donors (Lipinski definition) is 3. The SMILES string of the molecule is Cc1cc(-c2ccnn2C)c2cccc(OCc3c(Cl)cncc3CNC(=O)C3(O)CCCC3O)c2n1. The summed E-state index contributed by atoms with van der Waals surface area (Å²) in [5, 5.41) is 29.0. The number of benzene rings is 1. The molecule has 1 aromatic carbocycles. The third-order valence-corrected chi connectivity index (χ3v) is 7.24. The van der Waals surface area contributed by atoms with Crippen LogP contribution in [0.3, 0.4) is 0 Å². The lowest BCUT2D eigenvalue weighted by Gasteiger charge is -2.25. The van der Waals surface area contributed by atoms with E-state index in [1.165, 1.54) is 6.20 Å². The van der Waals surface area contributed by atoms with Crippen LogP contribution >= 0.6 is 11.6 Å². The van der Waals surface area contributed by atoms with E-state index in [1.807, 2.05) is 49.0 Å². The Morgan fingerprint density at radius 3 is 2.89 bits per heavy atom. The molecule has 1 saturated carbocycles. The molecule has 3 aromatic heterocycles. The summed E-state index contributed by atoms with van der Waals surface area (Å²) >= 11 is 6.47. The molecule has 10 heteroatoms. The van der Waals surface area contributed by atoms with Crippen LogP contribution in [0.1, 0.15) is 36.1 Å². The first kappa shape index (κ1) is 25.1. The Hall–Kier alpha value is -3.53. The Balaban J connectivity index is 1.40. The molecule has 1 aliphatic rings. The minimum atomic E-state index is -1.78. The normalized spacial score (nSPS) is 19.3. The molecule has 3 N–H and O–H groups in total. The minimum Gasteiger partial charge on any atom is -0.487 e. The lowest BCUT2D eigenvalue weighted by molar-refractivity contribution is -0.149. The molecule has 1 aliphatic carbocycles. The van der Waals surface area contributed by atoms with Gasteiger partial charge in [0, 0.05) is 54.4 Å². The number of aromatic nitrogens is 4. The van der Waals surface area contributed by atoms with Crippen LogP contribution < -0.4 is 10.1 Å². The van der Waals surface area contributed by atoms with E-state index in [-0.39, 0.29) is 19.6 Å². The van der Waals surface area contributed by atoms with Crippen molar-refractivity contribution in [3.63, 3.8) is 0 Å². The summed E-state index contributed by atoms with van der Waals surface area (Å²) in [6, 6.07) is 9.76. The summed E-state index contributed by atoms with van der Waals surface area (Å²) in [4.78, 5) is 21.5. The number of hydrogen-bond acceptors (Lipinski definition) is 7. The maximum absolute atomic E-state index is 12.6. The summed E-state index contributed by atoms with van der Waals surface area (Å²) in [6.07, 6.45) is 5.00. The van der Waals surface area contributed by atoms with Crippen LogP contribution in [0, 0.1) is 6.92 Å². The number of amides is 1. The topological polar surface area (TPSA) is 122 Å². The summed E-state index contributed by atoms with van der Waals surface area (Å²) in [5.74, 6) is -0.0170. The zero-order chi connectivity index (χ0) is 26.2. The molecule has 1 amide bonds. The van der Waals surface area contributed by atoms with Gasteiger partial charge in [0.05, 0.1) is 16.8 Å². The number of ether oxygens (including phenoxy) is 1. The van der Waals surface area contributed by atoms with E-state index in [0.29, 0.717) is 34.7 Å². The molecule has 0 radical (unpaired) electrons. The first-order chi connectivity index (χ1) is 17.8. The number of carbonyl (C=O) groups excluding carboxylic acids is 1. The monoisotopic (exact) mass is 521 g/mol. The van der Waals surface area contributed by atoms with Crippen LogP contribution in [0.5, 0.6) is 5.75 Å². The molecular weight excluding hydrogens is 494 g/mol. The summed E-state index contributed by atoms with van der Waals surface area (Å²) in [6.45, 7) is 2.14. The van der Waals surface area contributed by atoms with Crippen LogP contribution in [0.4, 0.5) is 0 Å². The number of aliphatic hydroxyl groups is 2. The molecular formula is C27H28ClN5O4. The number of halogens is 1. The third kappa shape index (κ3) is 4.77. The van der Waals surface area contributed by atoms with Crippen molar-refractivity contribution < 1.29 is 19.7 Å². The van der Waals surface area contributed by atoms with Gasteiger partial charge in [0.2, 0.25) is 0 Å². The van der Waals surface area contributed by atoms with Crippen molar-refractivity contribution >= 4 is 28.4 Å². The van der Waals surface area contributed by atoms with Crippen molar-refractivity contribution in [3.05, 3.63) is 70.8 Å². The van der Waals surface area contributed by atoms with Gasteiger partial charge in [-0.05, 0) is 49.9 Å². The summed E-state index contributed by atoms with van der Waals surface area (Å²) in [7, 11) is 1.90. The molecule has 5 rings (SSSR count). The smallest absolute Gasteiger partial charge is 0.254 e. The first-order valence-electron chi connectivity index (χ1n) is 12.1. The van der Waals surface area contributed by atoms with Crippen LogP contribution in [0.2, 0.25) is 5.02 Å². The zero-order valence-corrected chi connectivity index (χ0v) is 21.4. The van der Waals surface area contributed by atoms with Gasteiger partial charge < -0.3 is 20.3 Å². The third-order valence-electron chi connectivity index (χ3n) is 6.91. The fourth-order valence-electron chi connectivity index (χ4n) is 4.85. The minimum absolute atomic E-state index is 0.0810. The van der Waals surface area contributed by atoms with E-state index >= 15 is 0 Å². The largest absolute Gasteiger partial charge is 0.487 e. The van der Waals surface area contributed by atoms with E-state index in [2.05, 4.69) is 15.4 Å². The second-order valence-electron chi connectivity index (χ2n) is 9.37. The molecule has 0 spiro atoms. The predicted molar refractivity (Wildman–Crippen MR) is 139 cm³/mol. The molecule has 4 aromatic rings. The highest BCUT2D eigenvalue weighted by atomic mass is 35.5. The fourth-order valence-corrected chi connectivity index (χ4v) is 5.08. The van der Waals surface area contributed by atoms with Gasteiger partial charge in [-0.15, -0.1) is 0 Å². The number of para-hydroxylation sites is 1. The van der Waals surface area contributed by atoms with Crippen molar-refractivity contribution in [2.24, 2.45) is 7.05 Å². The van der Waals surface area contributed by atoms with E-state index in [0.717, 1.165) is 27.9 Å². The van der Waals surface area contributed by atoms with E-state index in [1.54, 1.807) is 12.4 Å². The molecule has 0 aliphatic heterocycles. The van der Waals surface area contributed by atoms with Gasteiger partial charge in [-0.1, -0.05) is 23.7 Å². The molecule has 1 fully saturated rings. The standard InChI is InChI=1S/C27H28ClN5O4/c1-16-11-19(22-8-10-31-33(22)2)18-5-3-6-23(25(18)32-16)37-15-20-17(12-29-14-21(20)28)13-30-26(35)27(36)9-4-7-24(27)34/h3,5-6,8,10-12,14,24,34,36H,4,7,9,13,15H2,1-2H3,(H,30,35). The number of nitrogens with zero attached hydrogens (tertiary/aromatic N) is 4. The van der Waals surface area contributed by atoms with Gasteiger partial charge >= 0.3 is 0 Å². The number of rotatable bonds is 7. The highest BCUT2D eigenvalue weighted by Crippen LogP contribution is 2.34. The van der Waals surface area contributed by atoms with Crippen molar-refractivity contribution in [2.45, 2.75) is 51.0 Å². The predicted octanol–water partition coefficient (Wildman–Crippen LogP) is 3.46. The van der Waals surface area contributed by atoms with Crippen LogP contribution in [0.25, 0.3) is 22.2 Å². The lowest BCUT2D eigenvalue weighted by Crippen LogP contribution is -2.51. The average molecular weight is 522 g/mol. The highest BCUT2D eigenvalue weighted by Gasteiger charge is 2.46. The molecule has 3 heterocycles. The maximum atomic E-state index is 12.6. The van der Waals surface area contributed by atoms with Gasteiger partial charge in [-0.3, -0.25) is 14.5 Å². The number of aliphatic hydroxyl groups excluding tert-OH is 1. The Labute approximate surface area is 219 Å². The molecule has 2 atom stereocenters. The molecule has 9 nitrogen and oxygen atoms in total. The number of pyridine rings is 2. The van der Waals surface area contributed by atoms with E-state index in [9.17, 15) is 15.0 Å². The van der Waals surface area contributed by atoms with Crippen molar-refractivity contribution in [2.75, 3.05) is 0 Å². The van der Waals surface area contributed by atoms with Gasteiger partial charge in [0.15, 0.2) is 5.60 Å². The lowest BCUT2D eigenvalue weighted by atomic mass is 9.98. The molecule has 0 saturated heterocycles. The fraction of sp³-hybridized carbons (Fsp3) is 0.333. The second kappa shape index (κ2) is 10.1. The maximum Gasteiger partial charge on any atom is 0.254 e. The van der Waals surface area contributed by atoms with Crippen molar-refractivity contribution in [1.29, 1.82) is 0 Å². The van der Waals surface area contributed by atoms with Gasteiger partial charge in [0.25, 0.3) is 5.91 Å². The number of nitrogens with one attached hydrogen (secondary N) is 1. The van der Waals surface area contributed by atoms with Crippen molar-refractivity contribution in [3.8, 4) is 17.0 Å². The number of aryl methyl sites for hydroxylation is 2. The van der Waals surface area contributed by atoms with Gasteiger partial charge in [0.1, 0.15) is 17.9 Å². The molecule has 0 bridgehead atoms. The Morgan fingerprint density at radius 1 is 1.32 bits per heavy atom. The van der Waals surface area contributed by atoms with Gasteiger partial charge in [-0.25, -0.2) is 4.98 Å². The van der Waals surface area contributed by atoms with Crippen LogP contribution in [0.15, 0.2) is 48.9 Å². The summed E-state index contributed by atoms with van der Waals surface area (Å²) in [5.41, 5.74) is 3.07. The summed E-state index contributed by atoms with van der Waals surface area (Å²) < 4.78 is 8.05. The van der Waals surface area contributed by atoms with E-state index < -0.39 is 17.6 Å². The molecule has 192 valence electrons. The number of fused-ring (bicyclic) bond motifs is 1. The quantitative estimate of drug-likeness (QED) is 0.340. The average Bonchev–Trinajstić information content (AvgIpc) is 3.46. The Kier molecular flexibility index (Phi) is 6.85. The second-order valence-corrected chi connectivity index (χ2v) is 9.77. The molecule has 2 unspecified atom stereocenters. The highest BCUT2D eigenvalue weighted by molar-refractivity contribution is 6.31. The molecule has 37 heavy (non-hydrogen) atoms. The Morgan fingerprint density at radius 2 is 2.16 bits per heavy atom. The Bertz CT molecular complexity index is 1470. The van der Waals surface area contributed by atoms with E-state index in [4.69, 9.17) is 21.3 Å². The first-order valence-corrected chi connectivity index (χ1v) is 12.5. The zero-order valence-electron chi connectivity index (χ0n) is 20.6. The van der Waals surface area contributed by atoms with Gasteiger partial charge in [-0.2, -0.15) is 5.10 Å². The van der Waals surface area contributed by atoms with Crippen molar-refractivity contribution in [1.82, 2.24) is 25.1 Å².